The van der Waals surface area contributed by atoms with Gasteiger partial charge in [-0.3, -0.25) is 24.4 Å². The van der Waals surface area contributed by atoms with Gasteiger partial charge in [-0.05, 0) is 37.5 Å². The number of hydrazine groups is 1. The number of pyridine rings is 1. The maximum Gasteiger partial charge on any atom is 0.252 e. The molecule has 0 bridgehead atoms. The van der Waals surface area contributed by atoms with E-state index in [1.54, 1.807) is 18.2 Å². The summed E-state index contributed by atoms with van der Waals surface area (Å²) in [5.41, 5.74) is 6.43. The van der Waals surface area contributed by atoms with Crippen molar-refractivity contribution in [3.05, 3.63) is 51.4 Å². The van der Waals surface area contributed by atoms with Gasteiger partial charge in [-0.1, -0.05) is 11.6 Å². The minimum Gasteiger partial charge on any atom is -0.495 e. The fourth-order valence-electron chi connectivity index (χ4n) is 4.94. The molecule has 2 amide bonds. The van der Waals surface area contributed by atoms with Crippen molar-refractivity contribution in [3.63, 3.8) is 0 Å². The summed E-state index contributed by atoms with van der Waals surface area (Å²) >= 11 is 6.15. The Kier molecular flexibility index (Phi) is 7.94. The van der Waals surface area contributed by atoms with E-state index < -0.39 is 11.6 Å². The van der Waals surface area contributed by atoms with Gasteiger partial charge in [-0.2, -0.15) is 5.26 Å². The zero-order valence-corrected chi connectivity index (χ0v) is 20.8. The molecular weight excluding hydrogens is 486 g/mol. The van der Waals surface area contributed by atoms with Crippen molar-refractivity contribution in [2.45, 2.75) is 43.8 Å². The third-order valence-corrected chi connectivity index (χ3v) is 7.04. The van der Waals surface area contributed by atoms with Crippen LogP contribution in [0.25, 0.3) is 11.1 Å². The number of hydrogen-bond donors (Lipinski definition) is 3. The molecule has 2 aliphatic rings. The molecule has 2 fully saturated rings. The highest BCUT2D eigenvalue weighted by atomic mass is 35.5. The van der Waals surface area contributed by atoms with Crippen LogP contribution in [0, 0.1) is 17.2 Å². The highest BCUT2D eigenvalue weighted by Gasteiger charge is 2.40. The predicted octanol–water partition coefficient (Wildman–Crippen LogP) is 1.91. The molecule has 4 unspecified atom stereocenters. The average Bonchev–Trinajstić information content (AvgIpc) is 3.24. The van der Waals surface area contributed by atoms with Crippen LogP contribution >= 0.6 is 11.6 Å². The monoisotopic (exact) mass is 513 g/mol. The van der Waals surface area contributed by atoms with E-state index >= 15 is 0 Å². The first-order valence-corrected chi connectivity index (χ1v) is 12.1. The second kappa shape index (κ2) is 11.1. The van der Waals surface area contributed by atoms with E-state index in [0.717, 1.165) is 0 Å². The molecule has 0 spiro atoms. The Bertz CT molecular complexity index is 1260. The second-order valence-electron chi connectivity index (χ2n) is 8.97. The lowest BCUT2D eigenvalue weighted by molar-refractivity contribution is -0.126. The number of amides is 2. The molecule has 2 aromatic rings. The normalized spacial score (nSPS) is 21.7. The predicted molar refractivity (Wildman–Crippen MR) is 132 cm³/mol. The molecule has 1 aromatic heterocycles. The number of aromatic nitrogens is 1. The van der Waals surface area contributed by atoms with E-state index in [1.807, 2.05) is 0 Å². The van der Waals surface area contributed by atoms with Crippen LogP contribution in [0.15, 0.2) is 35.3 Å². The Labute approximate surface area is 213 Å². The number of carbonyl (C=O) groups excluding carboxylic acids is 2. The number of nitrogens with one attached hydrogen (secondary N) is 3. The molecule has 1 aliphatic carbocycles. The van der Waals surface area contributed by atoms with E-state index in [-0.39, 0.29) is 42.8 Å². The molecule has 10 nitrogen and oxygen atoms in total. The van der Waals surface area contributed by atoms with Crippen LogP contribution in [-0.4, -0.2) is 49.3 Å². The number of carbonyl (C=O) groups is 2. The summed E-state index contributed by atoms with van der Waals surface area (Å²) in [6.07, 6.45) is 3.69. The summed E-state index contributed by atoms with van der Waals surface area (Å²) in [5.74, 6) is -0.0959. The summed E-state index contributed by atoms with van der Waals surface area (Å²) in [7, 11) is 2.98. The number of benzene rings is 1. The molecule has 4 atom stereocenters. The van der Waals surface area contributed by atoms with Crippen LogP contribution in [0.3, 0.4) is 0 Å². The lowest BCUT2D eigenvalue weighted by atomic mass is 9.82. The van der Waals surface area contributed by atoms with Crippen molar-refractivity contribution in [2.75, 3.05) is 20.8 Å². The molecule has 3 N–H and O–H groups in total. The van der Waals surface area contributed by atoms with Gasteiger partial charge in [0.25, 0.3) is 5.56 Å². The van der Waals surface area contributed by atoms with Crippen molar-refractivity contribution in [2.24, 2.45) is 5.92 Å². The van der Waals surface area contributed by atoms with E-state index in [4.69, 9.17) is 21.1 Å². The lowest BCUT2D eigenvalue weighted by Gasteiger charge is -2.31. The maximum atomic E-state index is 13.4. The number of methoxy groups -OCH3 is 2. The molecule has 0 radical (unpaired) electrons. The van der Waals surface area contributed by atoms with Gasteiger partial charge in [0.15, 0.2) is 0 Å². The Balaban J connectivity index is 1.63. The Hall–Kier alpha value is -3.39. The van der Waals surface area contributed by atoms with Crippen molar-refractivity contribution >= 4 is 23.4 Å². The maximum absolute atomic E-state index is 13.4. The molecule has 36 heavy (non-hydrogen) atoms. The van der Waals surface area contributed by atoms with E-state index in [2.05, 4.69) is 22.2 Å². The zero-order valence-electron chi connectivity index (χ0n) is 20.0. The molecule has 1 aliphatic heterocycles. The van der Waals surface area contributed by atoms with Gasteiger partial charge < -0.3 is 14.8 Å². The van der Waals surface area contributed by atoms with Crippen molar-refractivity contribution < 1.29 is 19.1 Å². The molecule has 1 aromatic carbocycles. The number of nitriles is 1. The van der Waals surface area contributed by atoms with Gasteiger partial charge in [-0.25, -0.2) is 5.43 Å². The number of hydrogen-bond acceptors (Lipinski definition) is 7. The van der Waals surface area contributed by atoms with Crippen molar-refractivity contribution in [1.82, 2.24) is 20.7 Å². The Morgan fingerprint density at radius 3 is 2.81 bits per heavy atom. The number of rotatable bonds is 8. The van der Waals surface area contributed by atoms with Gasteiger partial charge in [-0.15, -0.1) is 0 Å². The van der Waals surface area contributed by atoms with Crippen molar-refractivity contribution in [1.29, 1.82) is 5.26 Å². The van der Waals surface area contributed by atoms with Gasteiger partial charge in [0.2, 0.25) is 11.8 Å². The van der Waals surface area contributed by atoms with Crippen LogP contribution < -0.4 is 26.5 Å². The van der Waals surface area contributed by atoms with Crippen LogP contribution in [0.2, 0.25) is 5.02 Å². The fourth-order valence-corrected chi connectivity index (χ4v) is 5.11. The van der Waals surface area contributed by atoms with E-state index in [1.165, 1.54) is 31.0 Å². The molecule has 190 valence electrons. The summed E-state index contributed by atoms with van der Waals surface area (Å²) < 4.78 is 12.1. The average molecular weight is 514 g/mol. The largest absolute Gasteiger partial charge is 0.495 e. The number of nitrogens with zero attached hydrogens (tertiary/aromatic N) is 2. The molecule has 2 heterocycles. The van der Waals surface area contributed by atoms with Gasteiger partial charge in [0, 0.05) is 54.4 Å². The first-order chi connectivity index (χ1) is 17.4. The van der Waals surface area contributed by atoms with Crippen LogP contribution in [0.5, 0.6) is 5.75 Å². The van der Waals surface area contributed by atoms with Gasteiger partial charge in [0.1, 0.15) is 11.8 Å². The molecular formula is C25H28ClN5O5. The third-order valence-electron chi connectivity index (χ3n) is 6.80. The highest BCUT2D eigenvalue weighted by Crippen LogP contribution is 2.34. The van der Waals surface area contributed by atoms with Gasteiger partial charge in [0.05, 0.1) is 30.9 Å². The minimum absolute atomic E-state index is 0.0132. The standard InChI is InChI=1S/C25H28ClN5O5/c1-35-8-7-21(25(34)28-16-5-6-17-20(10-16)29-30-24(17)33)31-13-22(36-2)19(11-23(31)32)18-9-15(26)4-3-14(18)12-27/h3-4,9,11,13,16-17,20-21,29H,5-8,10H2,1-2H3,(H,28,34)(H,30,33). The molecule has 1 saturated heterocycles. The SMILES string of the molecule is COCCC(C(=O)NC1CCC2C(=O)NNC2C1)n1cc(OC)c(-c2cc(Cl)ccc2C#N)cc1=O. The minimum atomic E-state index is -0.843. The summed E-state index contributed by atoms with van der Waals surface area (Å²) in [4.78, 5) is 38.5. The molecule has 1 saturated carbocycles. The highest BCUT2D eigenvalue weighted by molar-refractivity contribution is 6.31. The van der Waals surface area contributed by atoms with Crippen LogP contribution in [0.4, 0.5) is 0 Å². The zero-order chi connectivity index (χ0) is 25.8. The Morgan fingerprint density at radius 2 is 2.08 bits per heavy atom. The molecule has 11 heteroatoms. The topological polar surface area (TPSA) is 134 Å². The van der Waals surface area contributed by atoms with E-state index in [0.29, 0.717) is 46.7 Å². The lowest BCUT2D eigenvalue weighted by Crippen LogP contribution is -2.48. The Morgan fingerprint density at radius 1 is 1.28 bits per heavy atom. The first-order valence-electron chi connectivity index (χ1n) is 11.7. The summed E-state index contributed by atoms with van der Waals surface area (Å²) in [6.45, 7) is 0.261. The number of halogens is 1. The number of ether oxygens (including phenoxy) is 2. The van der Waals surface area contributed by atoms with Crippen molar-refractivity contribution in [3.8, 4) is 22.9 Å². The van der Waals surface area contributed by atoms with E-state index in [9.17, 15) is 19.6 Å². The third kappa shape index (κ3) is 5.23. The number of fused-ring (bicyclic) bond motifs is 1. The quantitative estimate of drug-likeness (QED) is 0.490. The van der Waals surface area contributed by atoms with Crippen LogP contribution in [-0.2, 0) is 14.3 Å². The first kappa shape index (κ1) is 25.7. The summed E-state index contributed by atoms with van der Waals surface area (Å²) in [6, 6.07) is 7.22. The van der Waals surface area contributed by atoms with Crippen LogP contribution in [0.1, 0.15) is 37.3 Å². The molecule has 4 rings (SSSR count). The summed E-state index contributed by atoms with van der Waals surface area (Å²) in [5, 5.41) is 13.0. The fraction of sp³-hybridized carbons (Fsp3) is 0.440. The van der Waals surface area contributed by atoms with Gasteiger partial charge >= 0.3 is 0 Å². The second-order valence-corrected chi connectivity index (χ2v) is 9.40. The smallest absolute Gasteiger partial charge is 0.252 e.